The van der Waals surface area contributed by atoms with Crippen LogP contribution < -0.4 is 0 Å². The molecule has 0 bridgehead atoms. The minimum atomic E-state index is -0.720. The van der Waals surface area contributed by atoms with Crippen LogP contribution in [0.2, 0.25) is 0 Å². The maximum Gasteiger partial charge on any atom is 0.123 e. The summed E-state index contributed by atoms with van der Waals surface area (Å²) in [6.45, 7) is 0. The standard InChI is InChI=1S/C15H13BrO/c16-14-7-6-11-9-13(5-4-12(11)10-14)15-3-1-2-8-17-15/h1-8,10,13,15H,9H2/i13D. The minimum absolute atomic E-state index is 0.212. The van der Waals surface area contributed by atoms with E-state index in [-0.39, 0.29) is 6.10 Å². The van der Waals surface area contributed by atoms with Gasteiger partial charge in [-0.25, -0.2) is 0 Å². The number of rotatable bonds is 1. The molecular weight excluding hydrogens is 276 g/mol. The smallest absolute Gasteiger partial charge is 0.123 e. The number of halogens is 1. The molecule has 0 spiro atoms. The van der Waals surface area contributed by atoms with E-state index in [2.05, 4.69) is 28.1 Å². The summed E-state index contributed by atoms with van der Waals surface area (Å²) in [5.74, 6) is -0.720. The van der Waals surface area contributed by atoms with Crippen molar-refractivity contribution in [1.82, 2.24) is 0 Å². The van der Waals surface area contributed by atoms with E-state index in [0.29, 0.717) is 6.42 Å². The molecule has 0 fully saturated rings. The van der Waals surface area contributed by atoms with Gasteiger partial charge in [-0.05, 0) is 41.8 Å². The summed E-state index contributed by atoms with van der Waals surface area (Å²) >= 11 is 3.47. The number of hydrogen-bond donors (Lipinski definition) is 0. The summed E-state index contributed by atoms with van der Waals surface area (Å²) in [5.41, 5.74) is 2.38. The van der Waals surface area contributed by atoms with Gasteiger partial charge in [-0.15, -0.1) is 0 Å². The average molecular weight is 290 g/mol. The van der Waals surface area contributed by atoms with Crippen molar-refractivity contribution in [3.05, 3.63) is 64.4 Å². The zero-order valence-electron chi connectivity index (χ0n) is 10.3. The second-order valence-corrected chi connectivity index (χ2v) is 5.11. The Hall–Kier alpha value is -1.28. The molecule has 0 amide bonds. The Kier molecular flexibility index (Phi) is 2.59. The topological polar surface area (TPSA) is 9.23 Å². The van der Waals surface area contributed by atoms with Crippen LogP contribution in [0.15, 0.2) is 53.2 Å². The first-order valence-electron chi connectivity index (χ1n) is 6.14. The Balaban J connectivity index is 1.93. The summed E-state index contributed by atoms with van der Waals surface area (Å²) in [6, 6.07) is 6.19. The Bertz CT molecular complexity index is 562. The highest BCUT2D eigenvalue weighted by atomic mass is 79.9. The van der Waals surface area contributed by atoms with Crippen LogP contribution in [0.4, 0.5) is 0 Å². The third-order valence-corrected chi connectivity index (χ3v) is 3.54. The van der Waals surface area contributed by atoms with Gasteiger partial charge in [-0.1, -0.05) is 40.2 Å². The molecule has 1 aliphatic carbocycles. The predicted molar refractivity (Wildman–Crippen MR) is 73.5 cm³/mol. The number of hydrogen-bond acceptors (Lipinski definition) is 1. The summed E-state index contributed by atoms with van der Waals surface area (Å²) in [4.78, 5) is 0. The summed E-state index contributed by atoms with van der Waals surface area (Å²) in [7, 11) is 0. The lowest BCUT2D eigenvalue weighted by atomic mass is 9.86. The van der Waals surface area contributed by atoms with Crippen LogP contribution >= 0.6 is 15.9 Å². The summed E-state index contributed by atoms with van der Waals surface area (Å²) in [6.07, 6.45) is 11.8. The Morgan fingerprint density at radius 3 is 3.06 bits per heavy atom. The molecule has 86 valence electrons. The van der Waals surface area contributed by atoms with Gasteiger partial charge in [0.05, 0.1) is 6.26 Å². The van der Waals surface area contributed by atoms with E-state index < -0.39 is 5.89 Å². The van der Waals surface area contributed by atoms with E-state index in [1.54, 1.807) is 6.26 Å². The third-order valence-electron chi connectivity index (χ3n) is 3.05. The van der Waals surface area contributed by atoms with Crippen LogP contribution in [-0.4, -0.2) is 6.10 Å². The van der Waals surface area contributed by atoms with Crippen molar-refractivity contribution in [3.8, 4) is 0 Å². The molecular formula is C15H13BrO. The molecule has 1 aliphatic heterocycles. The molecule has 2 aliphatic rings. The van der Waals surface area contributed by atoms with Gasteiger partial charge in [0, 0.05) is 11.7 Å². The molecule has 1 nitrogen and oxygen atoms in total. The quantitative estimate of drug-likeness (QED) is 0.756. The fourth-order valence-corrected chi connectivity index (χ4v) is 2.53. The van der Waals surface area contributed by atoms with E-state index in [1.807, 2.05) is 36.4 Å². The molecule has 2 heteroatoms. The predicted octanol–water partition coefficient (Wildman–Crippen LogP) is 4.10. The van der Waals surface area contributed by atoms with Crippen LogP contribution in [0.1, 0.15) is 12.5 Å². The van der Waals surface area contributed by atoms with Crippen LogP contribution in [0.25, 0.3) is 6.08 Å². The van der Waals surface area contributed by atoms with Crippen molar-refractivity contribution in [2.75, 3.05) is 0 Å². The van der Waals surface area contributed by atoms with E-state index in [4.69, 9.17) is 6.11 Å². The maximum atomic E-state index is 8.59. The third kappa shape index (κ3) is 2.22. The normalized spacial score (nSPS) is 30.6. The Morgan fingerprint density at radius 2 is 2.24 bits per heavy atom. The molecule has 0 radical (unpaired) electrons. The first-order chi connectivity index (χ1) is 8.67. The van der Waals surface area contributed by atoms with Crippen LogP contribution in [0.3, 0.4) is 0 Å². The zero-order chi connectivity index (χ0) is 12.6. The number of ether oxygens (including phenoxy) is 1. The lowest BCUT2D eigenvalue weighted by Crippen LogP contribution is -2.23. The fraction of sp³-hybridized carbons (Fsp3) is 0.200. The van der Waals surface area contributed by atoms with Crippen molar-refractivity contribution >= 4 is 22.0 Å². The van der Waals surface area contributed by atoms with Crippen LogP contribution in [0, 0.1) is 5.89 Å². The lowest BCUT2D eigenvalue weighted by molar-refractivity contribution is 0.143. The number of fused-ring (bicyclic) bond motifs is 1. The zero-order valence-corrected chi connectivity index (χ0v) is 10.9. The van der Waals surface area contributed by atoms with Crippen molar-refractivity contribution in [2.24, 2.45) is 5.89 Å². The van der Waals surface area contributed by atoms with E-state index in [9.17, 15) is 0 Å². The van der Waals surface area contributed by atoms with Gasteiger partial charge in [-0.3, -0.25) is 0 Å². The molecule has 0 saturated heterocycles. The van der Waals surface area contributed by atoms with Crippen LogP contribution in [0.5, 0.6) is 0 Å². The average Bonchev–Trinajstić information content (AvgIpc) is 2.40. The second-order valence-electron chi connectivity index (χ2n) is 4.20. The second kappa shape index (κ2) is 4.53. The van der Waals surface area contributed by atoms with E-state index >= 15 is 0 Å². The van der Waals surface area contributed by atoms with Gasteiger partial charge < -0.3 is 4.74 Å². The van der Waals surface area contributed by atoms with Crippen molar-refractivity contribution in [3.63, 3.8) is 0 Å². The van der Waals surface area contributed by atoms with Gasteiger partial charge in [0.15, 0.2) is 0 Å². The molecule has 1 aromatic carbocycles. The lowest BCUT2D eigenvalue weighted by Gasteiger charge is -2.26. The molecule has 0 saturated carbocycles. The molecule has 1 heterocycles. The van der Waals surface area contributed by atoms with Crippen molar-refractivity contribution < 1.29 is 6.11 Å². The molecule has 3 rings (SSSR count). The SMILES string of the molecule is [2H]C1(C2C=CC=CO2)C=Cc2cc(Br)ccc2C1. The highest BCUT2D eigenvalue weighted by molar-refractivity contribution is 9.10. The van der Waals surface area contributed by atoms with E-state index in [0.717, 1.165) is 4.47 Å². The molecule has 2 unspecified atom stereocenters. The van der Waals surface area contributed by atoms with Crippen molar-refractivity contribution in [2.45, 2.75) is 12.5 Å². The monoisotopic (exact) mass is 289 g/mol. The molecule has 0 N–H and O–H groups in total. The Morgan fingerprint density at radius 1 is 1.29 bits per heavy atom. The molecule has 2 atom stereocenters. The highest BCUT2D eigenvalue weighted by Gasteiger charge is 2.22. The van der Waals surface area contributed by atoms with Gasteiger partial charge >= 0.3 is 0 Å². The molecule has 0 aromatic heterocycles. The van der Waals surface area contributed by atoms with E-state index in [1.165, 1.54) is 11.1 Å². The number of benzene rings is 1. The fourth-order valence-electron chi connectivity index (χ4n) is 2.15. The summed E-state index contributed by atoms with van der Waals surface area (Å²) in [5, 5.41) is 0. The Labute approximate surface area is 111 Å². The largest absolute Gasteiger partial charge is 0.493 e. The highest BCUT2D eigenvalue weighted by Crippen LogP contribution is 2.29. The molecule has 1 aromatic rings. The first kappa shape index (κ1) is 9.72. The maximum absolute atomic E-state index is 8.59. The van der Waals surface area contributed by atoms with Gasteiger partial charge in [0.2, 0.25) is 0 Å². The number of allylic oxidation sites excluding steroid dienone is 2. The van der Waals surface area contributed by atoms with Gasteiger partial charge in [-0.2, -0.15) is 0 Å². The minimum Gasteiger partial charge on any atom is -0.493 e. The van der Waals surface area contributed by atoms with Crippen LogP contribution in [-0.2, 0) is 11.2 Å². The van der Waals surface area contributed by atoms with Crippen molar-refractivity contribution in [1.29, 1.82) is 0 Å². The summed E-state index contributed by atoms with van der Waals surface area (Å²) < 4.78 is 15.2. The first-order valence-corrected chi connectivity index (χ1v) is 6.43. The van der Waals surface area contributed by atoms with Gasteiger partial charge in [0.1, 0.15) is 6.10 Å². The molecule has 17 heavy (non-hydrogen) atoms. The van der Waals surface area contributed by atoms with Gasteiger partial charge in [0.25, 0.3) is 0 Å².